The van der Waals surface area contributed by atoms with E-state index in [1.54, 1.807) is 13.0 Å². The Morgan fingerprint density at radius 1 is 1.48 bits per heavy atom. The Kier molecular flexibility index (Phi) is 4.74. The van der Waals surface area contributed by atoms with Gasteiger partial charge in [0.05, 0.1) is 12.7 Å². The average Bonchev–Trinajstić information content (AvgIpc) is 2.46. The summed E-state index contributed by atoms with van der Waals surface area (Å²) in [5.74, 6) is 0.0410. The fourth-order valence-corrected chi connectivity index (χ4v) is 2.36. The Balaban J connectivity index is 2.16. The zero-order valence-electron chi connectivity index (χ0n) is 12.6. The van der Waals surface area contributed by atoms with Gasteiger partial charge in [-0.3, -0.25) is 0 Å². The first kappa shape index (κ1) is 15.7. The molecule has 1 fully saturated rings. The molecule has 7 nitrogen and oxygen atoms in total. The number of nitrogens with zero attached hydrogens (tertiary/aromatic N) is 3. The minimum absolute atomic E-state index is 0.0262. The van der Waals surface area contributed by atoms with Crippen molar-refractivity contribution < 1.29 is 19.4 Å². The van der Waals surface area contributed by atoms with Gasteiger partial charge in [-0.05, 0) is 6.92 Å². The van der Waals surface area contributed by atoms with Gasteiger partial charge in [0, 0.05) is 51.4 Å². The molecular weight excluding hydrogens is 274 g/mol. The van der Waals surface area contributed by atoms with Crippen molar-refractivity contribution in [2.75, 3.05) is 38.8 Å². The van der Waals surface area contributed by atoms with Crippen LogP contribution >= 0.6 is 0 Å². The SMILES string of the molecule is COC(=O)c1nc(C)cc(N(C)CC2(O)CCOCC2)n1. The lowest BCUT2D eigenvalue weighted by atomic mass is 9.94. The van der Waals surface area contributed by atoms with Crippen LogP contribution in [0.15, 0.2) is 6.07 Å². The number of ether oxygens (including phenoxy) is 2. The molecule has 0 spiro atoms. The molecule has 1 aromatic heterocycles. The van der Waals surface area contributed by atoms with E-state index in [0.717, 1.165) is 0 Å². The molecule has 0 unspecified atom stereocenters. The van der Waals surface area contributed by atoms with Crippen LogP contribution in [0.1, 0.15) is 29.2 Å². The highest BCUT2D eigenvalue weighted by Gasteiger charge is 2.31. The van der Waals surface area contributed by atoms with Crippen molar-refractivity contribution in [3.8, 4) is 0 Å². The Morgan fingerprint density at radius 3 is 2.76 bits per heavy atom. The first-order valence-corrected chi connectivity index (χ1v) is 6.89. The van der Waals surface area contributed by atoms with Crippen molar-refractivity contribution >= 4 is 11.8 Å². The predicted molar refractivity (Wildman–Crippen MR) is 76.4 cm³/mol. The maximum absolute atomic E-state index is 11.6. The number of anilines is 1. The van der Waals surface area contributed by atoms with Crippen LogP contribution in [0, 0.1) is 6.92 Å². The zero-order valence-corrected chi connectivity index (χ0v) is 12.6. The number of aliphatic hydroxyl groups is 1. The number of likely N-dealkylation sites (N-methyl/N-ethyl adjacent to an activating group) is 1. The van der Waals surface area contributed by atoms with Crippen molar-refractivity contribution in [2.24, 2.45) is 0 Å². The van der Waals surface area contributed by atoms with E-state index in [4.69, 9.17) is 4.74 Å². The zero-order chi connectivity index (χ0) is 15.5. The quantitative estimate of drug-likeness (QED) is 0.812. The highest BCUT2D eigenvalue weighted by Crippen LogP contribution is 2.23. The molecule has 0 aliphatic carbocycles. The topological polar surface area (TPSA) is 84.8 Å². The third-order valence-electron chi connectivity index (χ3n) is 3.55. The second-order valence-electron chi connectivity index (χ2n) is 5.38. The van der Waals surface area contributed by atoms with Crippen molar-refractivity contribution in [3.05, 3.63) is 17.6 Å². The summed E-state index contributed by atoms with van der Waals surface area (Å²) in [6.45, 7) is 3.32. The molecule has 0 radical (unpaired) electrons. The summed E-state index contributed by atoms with van der Waals surface area (Å²) in [4.78, 5) is 21.6. The molecule has 1 aliphatic rings. The molecule has 2 rings (SSSR count). The van der Waals surface area contributed by atoms with Gasteiger partial charge in [-0.25, -0.2) is 14.8 Å². The Labute approximate surface area is 123 Å². The smallest absolute Gasteiger partial charge is 0.376 e. The lowest BCUT2D eigenvalue weighted by Gasteiger charge is -2.35. The monoisotopic (exact) mass is 295 g/mol. The molecule has 1 N–H and O–H groups in total. The van der Waals surface area contributed by atoms with Crippen molar-refractivity contribution in [1.82, 2.24) is 9.97 Å². The molecular formula is C14H21N3O4. The number of esters is 1. The fourth-order valence-electron chi connectivity index (χ4n) is 2.36. The third-order valence-corrected chi connectivity index (χ3v) is 3.55. The van der Waals surface area contributed by atoms with Crippen LogP contribution in [0.3, 0.4) is 0 Å². The summed E-state index contributed by atoms with van der Waals surface area (Å²) in [7, 11) is 3.12. The van der Waals surface area contributed by atoms with Gasteiger partial charge < -0.3 is 19.5 Å². The van der Waals surface area contributed by atoms with Gasteiger partial charge in [-0.1, -0.05) is 0 Å². The molecule has 7 heteroatoms. The molecule has 1 aliphatic heterocycles. The lowest BCUT2D eigenvalue weighted by Crippen LogP contribution is -2.46. The van der Waals surface area contributed by atoms with Gasteiger partial charge in [-0.2, -0.15) is 0 Å². The van der Waals surface area contributed by atoms with Crippen LogP contribution in [-0.2, 0) is 9.47 Å². The average molecular weight is 295 g/mol. The van der Waals surface area contributed by atoms with E-state index in [1.165, 1.54) is 7.11 Å². The lowest BCUT2D eigenvalue weighted by molar-refractivity contribution is -0.0573. The largest absolute Gasteiger partial charge is 0.463 e. The van der Waals surface area contributed by atoms with E-state index >= 15 is 0 Å². The molecule has 0 aromatic carbocycles. The van der Waals surface area contributed by atoms with Crippen LogP contribution in [0.2, 0.25) is 0 Å². The Bertz CT molecular complexity index is 515. The van der Waals surface area contributed by atoms with Crippen LogP contribution in [0.5, 0.6) is 0 Å². The fraction of sp³-hybridized carbons (Fsp3) is 0.643. The summed E-state index contributed by atoms with van der Waals surface area (Å²) in [5, 5.41) is 10.5. The summed E-state index contributed by atoms with van der Waals surface area (Å²) in [6, 6.07) is 1.77. The number of aromatic nitrogens is 2. The molecule has 116 valence electrons. The minimum atomic E-state index is -0.794. The summed E-state index contributed by atoms with van der Waals surface area (Å²) in [5.41, 5.74) is -0.122. The van der Waals surface area contributed by atoms with Crippen molar-refractivity contribution in [2.45, 2.75) is 25.4 Å². The Hall–Kier alpha value is -1.73. The standard InChI is InChI=1S/C14H21N3O4/c1-10-8-11(16-12(15-10)13(18)20-3)17(2)9-14(19)4-6-21-7-5-14/h8,19H,4-7,9H2,1-3H3. The molecule has 0 saturated carbocycles. The molecule has 2 heterocycles. The van der Waals surface area contributed by atoms with Crippen LogP contribution in [-0.4, -0.2) is 60.6 Å². The maximum atomic E-state index is 11.6. The van der Waals surface area contributed by atoms with Gasteiger partial charge in [-0.15, -0.1) is 0 Å². The second kappa shape index (κ2) is 6.36. The van der Waals surface area contributed by atoms with Crippen LogP contribution in [0.25, 0.3) is 0 Å². The molecule has 0 bridgehead atoms. The number of carbonyl (C=O) groups excluding carboxylic acids is 1. The van der Waals surface area contributed by atoms with E-state index in [0.29, 0.717) is 44.1 Å². The number of carbonyl (C=O) groups is 1. The number of aryl methyl sites for hydroxylation is 1. The summed E-state index contributed by atoms with van der Waals surface area (Å²) in [6.07, 6.45) is 1.18. The van der Waals surface area contributed by atoms with Crippen LogP contribution in [0.4, 0.5) is 5.82 Å². The molecule has 0 amide bonds. The van der Waals surface area contributed by atoms with Crippen LogP contribution < -0.4 is 4.90 Å². The van der Waals surface area contributed by atoms with E-state index in [-0.39, 0.29) is 5.82 Å². The highest BCUT2D eigenvalue weighted by atomic mass is 16.5. The van der Waals surface area contributed by atoms with Crippen molar-refractivity contribution in [1.29, 1.82) is 0 Å². The Morgan fingerprint density at radius 2 is 2.14 bits per heavy atom. The molecule has 21 heavy (non-hydrogen) atoms. The summed E-state index contributed by atoms with van der Waals surface area (Å²) >= 11 is 0. The first-order chi connectivity index (χ1) is 9.93. The van der Waals surface area contributed by atoms with Gasteiger partial charge in [0.15, 0.2) is 0 Å². The van der Waals surface area contributed by atoms with Gasteiger partial charge in [0.1, 0.15) is 5.82 Å². The number of hydrogen-bond acceptors (Lipinski definition) is 7. The van der Waals surface area contributed by atoms with Crippen molar-refractivity contribution in [3.63, 3.8) is 0 Å². The predicted octanol–water partition coefficient (Wildman–Crippen LogP) is 0.549. The van der Waals surface area contributed by atoms with E-state index in [9.17, 15) is 9.90 Å². The second-order valence-corrected chi connectivity index (χ2v) is 5.38. The van der Waals surface area contributed by atoms with E-state index in [1.807, 2.05) is 11.9 Å². The third kappa shape index (κ3) is 3.89. The molecule has 1 aromatic rings. The van der Waals surface area contributed by atoms with Gasteiger partial charge in [0.25, 0.3) is 0 Å². The van der Waals surface area contributed by atoms with E-state index < -0.39 is 11.6 Å². The maximum Gasteiger partial charge on any atom is 0.376 e. The first-order valence-electron chi connectivity index (χ1n) is 6.89. The van der Waals surface area contributed by atoms with E-state index in [2.05, 4.69) is 14.7 Å². The van der Waals surface area contributed by atoms with Gasteiger partial charge >= 0.3 is 5.97 Å². The summed E-state index contributed by atoms with van der Waals surface area (Å²) < 4.78 is 9.92. The number of methoxy groups -OCH3 is 1. The number of rotatable bonds is 4. The van der Waals surface area contributed by atoms with Gasteiger partial charge in [0.2, 0.25) is 5.82 Å². The highest BCUT2D eigenvalue weighted by molar-refractivity contribution is 5.85. The number of hydrogen-bond donors (Lipinski definition) is 1. The molecule has 1 saturated heterocycles. The molecule has 0 atom stereocenters. The minimum Gasteiger partial charge on any atom is -0.463 e. The normalized spacial score (nSPS) is 17.3.